The largest absolute Gasteiger partial charge is 0.398 e. The second-order valence-electron chi connectivity index (χ2n) is 6.95. The van der Waals surface area contributed by atoms with Gasteiger partial charge in [0.1, 0.15) is 0 Å². The lowest BCUT2D eigenvalue weighted by Crippen LogP contribution is -2.15. The number of aromatic nitrogens is 1. The van der Waals surface area contributed by atoms with E-state index in [9.17, 15) is 4.79 Å². The minimum absolute atomic E-state index is 0.0560. The summed E-state index contributed by atoms with van der Waals surface area (Å²) in [7, 11) is 1.84. The van der Waals surface area contributed by atoms with Gasteiger partial charge in [-0.15, -0.1) is 0 Å². The van der Waals surface area contributed by atoms with Gasteiger partial charge in [-0.1, -0.05) is 54.4 Å². The molecular formula is C25H27N5OS. The molecule has 1 amide bonds. The Kier molecular flexibility index (Phi) is 9.04. The molecular weight excluding hydrogens is 418 g/mol. The van der Waals surface area contributed by atoms with Crippen LogP contribution in [-0.2, 0) is 11.3 Å². The molecule has 0 spiro atoms. The molecule has 7 heteroatoms. The highest BCUT2D eigenvalue weighted by molar-refractivity contribution is 7.97. The Balaban J connectivity index is 1.82. The third-order valence-electron chi connectivity index (χ3n) is 4.64. The number of carbonyl (C=O) groups excluding carboxylic acids is 1. The Morgan fingerprint density at radius 3 is 2.72 bits per heavy atom. The van der Waals surface area contributed by atoms with E-state index < -0.39 is 0 Å². The number of rotatable bonds is 10. The molecule has 0 aliphatic heterocycles. The van der Waals surface area contributed by atoms with Crippen LogP contribution in [0, 0.1) is 0 Å². The van der Waals surface area contributed by atoms with Crippen molar-refractivity contribution in [3.05, 3.63) is 90.3 Å². The Bertz CT molecular complexity index is 1070. The van der Waals surface area contributed by atoms with Crippen LogP contribution in [0.15, 0.2) is 84.1 Å². The zero-order chi connectivity index (χ0) is 22.6. The van der Waals surface area contributed by atoms with Crippen LogP contribution in [0.5, 0.6) is 0 Å². The first kappa shape index (κ1) is 23.2. The normalized spacial score (nSPS) is 11.6. The van der Waals surface area contributed by atoms with E-state index in [1.165, 1.54) is 11.9 Å². The fourth-order valence-electron chi connectivity index (χ4n) is 3.03. The highest BCUT2D eigenvalue weighted by atomic mass is 32.2. The molecule has 164 valence electrons. The van der Waals surface area contributed by atoms with Crippen LogP contribution >= 0.6 is 11.9 Å². The molecule has 32 heavy (non-hydrogen) atoms. The summed E-state index contributed by atoms with van der Waals surface area (Å²) >= 11 is 1.50. The monoisotopic (exact) mass is 445 g/mol. The zero-order valence-corrected chi connectivity index (χ0v) is 18.8. The van der Waals surface area contributed by atoms with Crippen LogP contribution in [0.25, 0.3) is 16.8 Å². The van der Waals surface area contributed by atoms with E-state index in [1.807, 2.05) is 67.7 Å². The van der Waals surface area contributed by atoms with Crippen molar-refractivity contribution in [2.45, 2.75) is 13.0 Å². The second kappa shape index (κ2) is 12.4. The molecule has 0 unspecified atom stereocenters. The highest BCUT2D eigenvalue weighted by Crippen LogP contribution is 2.28. The lowest BCUT2D eigenvalue weighted by Gasteiger charge is -2.14. The number of benzene rings is 2. The number of nitrogens with one attached hydrogen (secondary N) is 2. The van der Waals surface area contributed by atoms with E-state index in [2.05, 4.69) is 20.0 Å². The first-order valence-corrected chi connectivity index (χ1v) is 11.3. The van der Waals surface area contributed by atoms with Crippen molar-refractivity contribution in [2.24, 2.45) is 10.7 Å². The number of hydrogen-bond donors (Lipinski definition) is 3. The summed E-state index contributed by atoms with van der Waals surface area (Å²) in [5, 5.41) is 2.99. The molecule has 0 fully saturated rings. The fraction of sp³-hybridized carbons (Fsp3) is 0.160. The minimum Gasteiger partial charge on any atom is -0.398 e. The van der Waals surface area contributed by atoms with Gasteiger partial charge < -0.3 is 11.1 Å². The molecule has 0 aliphatic carbocycles. The van der Waals surface area contributed by atoms with Gasteiger partial charge in [0.25, 0.3) is 0 Å². The molecule has 6 nitrogen and oxygen atoms in total. The molecule has 1 aromatic heterocycles. The average Bonchev–Trinajstić information content (AvgIpc) is 2.83. The van der Waals surface area contributed by atoms with E-state index >= 15 is 0 Å². The van der Waals surface area contributed by atoms with Gasteiger partial charge in [-0.05, 0) is 48.0 Å². The Morgan fingerprint density at radius 1 is 1.12 bits per heavy atom. The highest BCUT2D eigenvalue weighted by Gasteiger charge is 2.11. The number of pyridine rings is 1. The van der Waals surface area contributed by atoms with Gasteiger partial charge in [0.15, 0.2) is 0 Å². The van der Waals surface area contributed by atoms with Gasteiger partial charge in [0.2, 0.25) is 5.91 Å². The van der Waals surface area contributed by atoms with Gasteiger partial charge in [-0.25, -0.2) is 0 Å². The molecule has 3 aromatic rings. The topological polar surface area (TPSA) is 92.4 Å². The lowest BCUT2D eigenvalue weighted by atomic mass is 10.00. The lowest BCUT2D eigenvalue weighted by molar-refractivity contribution is -0.115. The van der Waals surface area contributed by atoms with E-state index in [4.69, 9.17) is 5.73 Å². The number of allylic oxidation sites excluding steroid dienone is 1. The van der Waals surface area contributed by atoms with Crippen LogP contribution in [0.1, 0.15) is 17.5 Å². The van der Waals surface area contributed by atoms with E-state index in [-0.39, 0.29) is 5.91 Å². The number of hydrogen-bond acceptors (Lipinski definition) is 6. The molecule has 0 atom stereocenters. The molecule has 0 saturated heterocycles. The van der Waals surface area contributed by atoms with Crippen molar-refractivity contribution in [1.29, 1.82) is 0 Å². The molecule has 3 rings (SSSR count). The average molecular weight is 446 g/mol. The molecule has 0 radical (unpaired) electrons. The van der Waals surface area contributed by atoms with Crippen molar-refractivity contribution < 1.29 is 4.79 Å². The number of carbonyl (C=O) groups is 1. The summed E-state index contributed by atoms with van der Waals surface area (Å²) in [5.74, 6) is 0.631. The summed E-state index contributed by atoms with van der Waals surface area (Å²) in [5.41, 5.74) is 11.5. The third kappa shape index (κ3) is 7.08. The Hall–Kier alpha value is -3.42. The first-order chi connectivity index (χ1) is 15.7. The van der Waals surface area contributed by atoms with Crippen LogP contribution in [0.3, 0.4) is 0 Å². The van der Waals surface area contributed by atoms with E-state index in [0.717, 1.165) is 22.3 Å². The summed E-state index contributed by atoms with van der Waals surface area (Å²) < 4.78 is 2.97. The summed E-state index contributed by atoms with van der Waals surface area (Å²) in [6.07, 6.45) is 7.37. The smallest absolute Gasteiger partial charge is 0.225 e. The van der Waals surface area contributed by atoms with Gasteiger partial charge in [-0.2, -0.15) is 0 Å². The quantitative estimate of drug-likeness (QED) is 0.242. The summed E-state index contributed by atoms with van der Waals surface area (Å²) in [6.45, 7) is 0.522. The van der Waals surface area contributed by atoms with Crippen LogP contribution < -0.4 is 15.8 Å². The molecule has 4 N–H and O–H groups in total. The maximum absolute atomic E-state index is 12.4. The second-order valence-corrected chi connectivity index (χ2v) is 8.06. The number of nitrogens with two attached hydrogens (primary N) is 1. The number of amides is 1. The minimum atomic E-state index is -0.0560. The maximum atomic E-state index is 12.4. The van der Waals surface area contributed by atoms with Crippen molar-refractivity contribution >= 4 is 35.5 Å². The van der Waals surface area contributed by atoms with Crippen molar-refractivity contribution in [2.75, 3.05) is 18.1 Å². The standard InChI is InChI=1S/C25H27N5OS/c1-27-32-15-12-25(31)30-24-10-9-21(20-7-3-2-4-8-20)16-22(24)23(26)11-14-29-18-19-6-5-13-28-17-19/h2-11,13-14,16-17,27H,12,15,18,26H2,1H3,(H,30,31)/b23-11-,29-14?. The molecule has 0 aliphatic rings. The molecule has 1 heterocycles. The Labute approximate surface area is 193 Å². The molecule has 0 bridgehead atoms. The SMILES string of the molecule is CNSCCC(=O)Nc1ccc(-c2ccccc2)cc1/C(N)=C/C=NCc1cccnc1. The third-order valence-corrected chi connectivity index (χ3v) is 5.34. The number of nitrogens with zero attached hydrogens (tertiary/aromatic N) is 2. The Morgan fingerprint density at radius 2 is 1.97 bits per heavy atom. The molecule has 0 saturated carbocycles. The van der Waals surface area contributed by atoms with Crippen LogP contribution in [0.4, 0.5) is 5.69 Å². The van der Waals surface area contributed by atoms with Gasteiger partial charge in [0.05, 0.1) is 12.2 Å². The van der Waals surface area contributed by atoms with Crippen molar-refractivity contribution in [3.8, 4) is 11.1 Å². The van der Waals surface area contributed by atoms with Crippen LogP contribution in [-0.4, -0.2) is 29.9 Å². The predicted molar refractivity (Wildman–Crippen MR) is 135 cm³/mol. The molecule has 2 aromatic carbocycles. The fourth-order valence-corrected chi connectivity index (χ4v) is 3.52. The van der Waals surface area contributed by atoms with Gasteiger partial charge in [0, 0.05) is 42.0 Å². The van der Waals surface area contributed by atoms with Crippen molar-refractivity contribution in [3.63, 3.8) is 0 Å². The van der Waals surface area contributed by atoms with Gasteiger partial charge >= 0.3 is 0 Å². The maximum Gasteiger partial charge on any atom is 0.225 e. The van der Waals surface area contributed by atoms with E-state index in [1.54, 1.807) is 24.7 Å². The number of aliphatic imine (C=N–C) groups is 1. The van der Waals surface area contributed by atoms with Crippen LogP contribution in [0.2, 0.25) is 0 Å². The first-order valence-electron chi connectivity index (χ1n) is 10.3. The van der Waals surface area contributed by atoms with Crippen molar-refractivity contribution in [1.82, 2.24) is 9.71 Å². The zero-order valence-electron chi connectivity index (χ0n) is 18.0. The summed E-state index contributed by atoms with van der Waals surface area (Å²) in [6, 6.07) is 19.8. The predicted octanol–water partition coefficient (Wildman–Crippen LogP) is 4.52. The van der Waals surface area contributed by atoms with Gasteiger partial charge in [-0.3, -0.25) is 19.5 Å². The number of anilines is 1. The summed E-state index contributed by atoms with van der Waals surface area (Å²) in [4.78, 5) is 20.9. The van der Waals surface area contributed by atoms with E-state index in [0.29, 0.717) is 30.1 Å².